The van der Waals surface area contributed by atoms with Crippen molar-refractivity contribution in [3.63, 3.8) is 0 Å². The fourth-order valence-corrected chi connectivity index (χ4v) is 5.13. The number of aryl methyl sites for hydroxylation is 1. The number of amides is 1. The lowest BCUT2D eigenvalue weighted by Gasteiger charge is -2.22. The van der Waals surface area contributed by atoms with Gasteiger partial charge in [-0.15, -0.1) is 0 Å². The molecule has 0 aromatic heterocycles. The number of anilines is 1. The molecule has 0 heterocycles. The zero-order chi connectivity index (χ0) is 21.7. The molecule has 3 rings (SSSR count). The van der Waals surface area contributed by atoms with E-state index in [0.29, 0.717) is 10.7 Å². The molecule has 2 aromatic carbocycles. The quantitative estimate of drug-likeness (QED) is 0.600. The molecule has 0 spiro atoms. The van der Waals surface area contributed by atoms with Crippen LogP contribution in [0.1, 0.15) is 37.7 Å². The normalized spacial score (nSPS) is 15.0. The van der Waals surface area contributed by atoms with Gasteiger partial charge in [-0.2, -0.15) is 0 Å². The molecule has 0 atom stereocenters. The molecule has 0 radical (unpaired) electrons. The number of ether oxygens (including phenoxy) is 1. The van der Waals surface area contributed by atoms with Gasteiger partial charge in [0.2, 0.25) is 10.0 Å². The first-order valence-corrected chi connectivity index (χ1v) is 12.0. The third-order valence-corrected chi connectivity index (χ3v) is 7.02. The van der Waals surface area contributed by atoms with E-state index in [-0.39, 0.29) is 34.2 Å². The van der Waals surface area contributed by atoms with Gasteiger partial charge >= 0.3 is 0 Å². The molecule has 9 heteroatoms. The molecule has 162 valence electrons. The molecule has 1 aliphatic carbocycles. The first kappa shape index (κ1) is 22.9. The summed E-state index contributed by atoms with van der Waals surface area (Å²) in [6.45, 7) is 1.57. The number of nitrogens with one attached hydrogen (secondary N) is 2. The number of hydrogen-bond donors (Lipinski definition) is 2. The van der Waals surface area contributed by atoms with Crippen LogP contribution in [0.2, 0.25) is 10.0 Å². The molecule has 0 unspecified atom stereocenters. The Bertz CT molecular complexity index is 1020. The van der Waals surface area contributed by atoms with E-state index in [1.165, 1.54) is 18.2 Å². The van der Waals surface area contributed by atoms with Crippen LogP contribution in [0.15, 0.2) is 41.3 Å². The maximum absolute atomic E-state index is 12.6. The van der Waals surface area contributed by atoms with Crippen LogP contribution in [0.5, 0.6) is 5.75 Å². The van der Waals surface area contributed by atoms with Crippen molar-refractivity contribution in [3.05, 3.63) is 52.0 Å². The smallest absolute Gasteiger partial charge is 0.262 e. The largest absolute Gasteiger partial charge is 0.482 e. The highest BCUT2D eigenvalue weighted by Crippen LogP contribution is 2.28. The van der Waals surface area contributed by atoms with Crippen molar-refractivity contribution in [3.8, 4) is 5.75 Å². The summed E-state index contributed by atoms with van der Waals surface area (Å²) in [5, 5.41) is 3.36. The minimum atomic E-state index is -3.66. The number of halogens is 2. The standard InChI is InChI=1S/C21H24Cl2N2O4S/c1-14-7-8-15(22)11-19(14)24-21(26)13-29-20-10-9-17(12-18(20)23)30(27,28)25-16-5-3-2-4-6-16/h7-12,16,25H,2-6,13H2,1H3,(H,24,26). The summed E-state index contributed by atoms with van der Waals surface area (Å²) >= 11 is 12.2. The maximum Gasteiger partial charge on any atom is 0.262 e. The molecule has 1 saturated carbocycles. The summed E-state index contributed by atoms with van der Waals surface area (Å²) in [7, 11) is -3.66. The van der Waals surface area contributed by atoms with Crippen molar-refractivity contribution < 1.29 is 17.9 Å². The van der Waals surface area contributed by atoms with E-state index in [0.717, 1.165) is 37.7 Å². The second kappa shape index (κ2) is 10.0. The van der Waals surface area contributed by atoms with E-state index in [2.05, 4.69) is 10.0 Å². The van der Waals surface area contributed by atoms with Gasteiger partial charge in [0.05, 0.1) is 9.92 Å². The Balaban J connectivity index is 1.61. The summed E-state index contributed by atoms with van der Waals surface area (Å²) in [5.41, 5.74) is 1.46. The lowest BCUT2D eigenvalue weighted by molar-refractivity contribution is -0.118. The highest BCUT2D eigenvalue weighted by atomic mass is 35.5. The Kier molecular flexibility index (Phi) is 7.63. The van der Waals surface area contributed by atoms with Crippen molar-refractivity contribution in [2.45, 2.75) is 50.0 Å². The molecule has 1 amide bonds. The number of sulfonamides is 1. The van der Waals surface area contributed by atoms with Crippen molar-refractivity contribution >= 4 is 44.8 Å². The predicted octanol–water partition coefficient (Wildman–Crippen LogP) is 4.93. The fraction of sp³-hybridized carbons (Fsp3) is 0.381. The first-order chi connectivity index (χ1) is 14.2. The lowest BCUT2D eigenvalue weighted by atomic mass is 9.96. The molecule has 1 fully saturated rings. The molecular formula is C21H24Cl2N2O4S. The van der Waals surface area contributed by atoms with Crippen molar-refractivity contribution in [1.82, 2.24) is 4.72 Å². The summed E-state index contributed by atoms with van der Waals surface area (Å²) in [6, 6.07) is 9.36. The van der Waals surface area contributed by atoms with Gasteiger partial charge in [0, 0.05) is 16.8 Å². The average Bonchev–Trinajstić information content (AvgIpc) is 2.70. The van der Waals surface area contributed by atoms with Crippen molar-refractivity contribution in [2.24, 2.45) is 0 Å². The predicted molar refractivity (Wildman–Crippen MR) is 119 cm³/mol. The van der Waals surface area contributed by atoms with E-state index >= 15 is 0 Å². The van der Waals surface area contributed by atoms with Gasteiger partial charge in [-0.05, 0) is 55.7 Å². The second-order valence-corrected chi connectivity index (χ2v) is 9.90. The lowest BCUT2D eigenvalue weighted by Crippen LogP contribution is -2.36. The van der Waals surface area contributed by atoms with Crippen LogP contribution >= 0.6 is 23.2 Å². The first-order valence-electron chi connectivity index (χ1n) is 9.75. The molecule has 0 saturated heterocycles. The molecular weight excluding hydrogens is 447 g/mol. The minimum Gasteiger partial charge on any atom is -0.482 e. The summed E-state index contributed by atoms with van der Waals surface area (Å²) < 4.78 is 33.4. The molecule has 0 aliphatic heterocycles. The van der Waals surface area contributed by atoms with Gasteiger partial charge in [-0.3, -0.25) is 4.79 Å². The Hall–Kier alpha value is -1.80. The monoisotopic (exact) mass is 470 g/mol. The number of carbonyl (C=O) groups is 1. The van der Waals surface area contributed by atoms with E-state index in [1.54, 1.807) is 18.2 Å². The molecule has 30 heavy (non-hydrogen) atoms. The average molecular weight is 471 g/mol. The number of rotatable bonds is 7. The van der Waals surface area contributed by atoms with E-state index in [1.807, 2.05) is 6.92 Å². The summed E-state index contributed by atoms with van der Waals surface area (Å²) in [5.74, 6) is -0.154. The SMILES string of the molecule is Cc1ccc(Cl)cc1NC(=O)COc1ccc(S(=O)(=O)NC2CCCCC2)cc1Cl. The zero-order valence-electron chi connectivity index (χ0n) is 16.6. The number of benzene rings is 2. The zero-order valence-corrected chi connectivity index (χ0v) is 18.9. The van der Waals surface area contributed by atoms with Crippen molar-refractivity contribution in [2.75, 3.05) is 11.9 Å². The van der Waals surface area contributed by atoms with E-state index in [9.17, 15) is 13.2 Å². The molecule has 0 bridgehead atoms. The third-order valence-electron chi connectivity index (χ3n) is 4.97. The van der Waals surface area contributed by atoms with Crippen LogP contribution in [0.3, 0.4) is 0 Å². The van der Waals surface area contributed by atoms with Gasteiger partial charge in [-0.1, -0.05) is 48.5 Å². The van der Waals surface area contributed by atoms with E-state index < -0.39 is 10.0 Å². The van der Waals surface area contributed by atoms with Gasteiger partial charge in [-0.25, -0.2) is 13.1 Å². The Labute approximate surface area is 187 Å². The van der Waals surface area contributed by atoms with Gasteiger partial charge in [0.15, 0.2) is 6.61 Å². The highest BCUT2D eigenvalue weighted by Gasteiger charge is 2.22. The number of hydrogen-bond acceptors (Lipinski definition) is 4. The van der Waals surface area contributed by atoms with Gasteiger partial charge < -0.3 is 10.1 Å². The van der Waals surface area contributed by atoms with E-state index in [4.69, 9.17) is 27.9 Å². The van der Waals surface area contributed by atoms with Gasteiger partial charge in [0.1, 0.15) is 5.75 Å². The Morgan fingerprint density at radius 3 is 2.53 bits per heavy atom. The van der Waals surface area contributed by atoms with Crippen molar-refractivity contribution in [1.29, 1.82) is 0 Å². The number of carbonyl (C=O) groups excluding carboxylic acids is 1. The third kappa shape index (κ3) is 6.11. The molecule has 1 aliphatic rings. The van der Waals surface area contributed by atoms with Crippen LogP contribution in [-0.4, -0.2) is 27.0 Å². The molecule has 2 N–H and O–H groups in total. The minimum absolute atomic E-state index is 0.0444. The summed E-state index contributed by atoms with van der Waals surface area (Å²) in [6.07, 6.45) is 4.88. The van der Waals surface area contributed by atoms with Crippen LogP contribution < -0.4 is 14.8 Å². The Morgan fingerprint density at radius 1 is 1.10 bits per heavy atom. The van der Waals surface area contributed by atoms with Crippen LogP contribution in [0.4, 0.5) is 5.69 Å². The van der Waals surface area contributed by atoms with Crippen LogP contribution in [-0.2, 0) is 14.8 Å². The maximum atomic E-state index is 12.6. The summed E-state index contributed by atoms with van der Waals surface area (Å²) in [4.78, 5) is 12.3. The highest BCUT2D eigenvalue weighted by molar-refractivity contribution is 7.89. The molecule has 6 nitrogen and oxygen atoms in total. The molecule has 2 aromatic rings. The second-order valence-electron chi connectivity index (χ2n) is 7.34. The Morgan fingerprint density at radius 2 is 1.83 bits per heavy atom. The fourth-order valence-electron chi connectivity index (χ4n) is 3.33. The topological polar surface area (TPSA) is 84.5 Å². The van der Waals surface area contributed by atoms with Crippen LogP contribution in [0, 0.1) is 6.92 Å². The van der Waals surface area contributed by atoms with Crippen LogP contribution in [0.25, 0.3) is 0 Å². The van der Waals surface area contributed by atoms with Gasteiger partial charge in [0.25, 0.3) is 5.91 Å².